The summed E-state index contributed by atoms with van der Waals surface area (Å²) in [5.74, 6) is -0.0579. The monoisotopic (exact) mass is 306 g/mol. The number of para-hydroxylation sites is 2. The third kappa shape index (κ3) is 2.90. The van der Waals surface area contributed by atoms with Crippen molar-refractivity contribution < 1.29 is 8.78 Å². The van der Waals surface area contributed by atoms with Crippen molar-refractivity contribution in [2.24, 2.45) is 0 Å². The highest BCUT2D eigenvalue weighted by Gasteiger charge is 2.10. The fraction of sp³-hybridized carbons (Fsp3) is 0.188. The van der Waals surface area contributed by atoms with E-state index in [-0.39, 0.29) is 0 Å². The molecule has 2 nitrogen and oxygen atoms in total. The van der Waals surface area contributed by atoms with Gasteiger partial charge in [-0.25, -0.2) is 13.8 Å². The van der Waals surface area contributed by atoms with E-state index >= 15 is 0 Å². The van der Waals surface area contributed by atoms with Gasteiger partial charge in [-0.15, -0.1) is 11.6 Å². The summed E-state index contributed by atoms with van der Waals surface area (Å²) in [6.07, 6.45) is 0.513. The van der Waals surface area contributed by atoms with E-state index in [1.165, 1.54) is 12.1 Å². The number of aryl methyl sites for hydroxylation is 2. The van der Waals surface area contributed by atoms with Crippen LogP contribution in [0.2, 0.25) is 0 Å². The first-order valence-electron chi connectivity index (χ1n) is 6.62. The minimum absolute atomic E-state index is 0.298. The molecule has 21 heavy (non-hydrogen) atoms. The van der Waals surface area contributed by atoms with Crippen LogP contribution in [0.1, 0.15) is 11.4 Å². The van der Waals surface area contributed by atoms with E-state index in [0.717, 1.165) is 22.9 Å². The number of hydrogen-bond acceptors (Lipinski definition) is 1. The van der Waals surface area contributed by atoms with Gasteiger partial charge in [0, 0.05) is 12.6 Å². The van der Waals surface area contributed by atoms with E-state index in [2.05, 4.69) is 4.98 Å². The maximum atomic E-state index is 13.2. The Morgan fingerprint density at radius 2 is 1.76 bits per heavy atom. The van der Waals surface area contributed by atoms with Crippen molar-refractivity contribution in [1.29, 1.82) is 0 Å². The van der Waals surface area contributed by atoms with Gasteiger partial charge in [0.2, 0.25) is 0 Å². The van der Waals surface area contributed by atoms with Crippen molar-refractivity contribution >= 4 is 22.6 Å². The number of nitrogens with zero attached hydrogens (tertiary/aromatic N) is 2. The third-order valence-electron chi connectivity index (χ3n) is 3.40. The second-order valence-electron chi connectivity index (χ2n) is 4.83. The molecule has 0 N–H and O–H groups in total. The van der Waals surface area contributed by atoms with Gasteiger partial charge in [-0.05, 0) is 36.2 Å². The molecule has 108 valence electrons. The lowest BCUT2D eigenvalue weighted by Gasteiger charge is -2.08. The van der Waals surface area contributed by atoms with E-state index in [1.54, 1.807) is 0 Å². The molecule has 5 heteroatoms. The summed E-state index contributed by atoms with van der Waals surface area (Å²) in [5.41, 5.74) is 2.47. The Hall–Kier alpha value is -1.94. The highest BCUT2D eigenvalue weighted by atomic mass is 35.5. The number of halogens is 3. The Bertz CT molecular complexity index is 763. The lowest BCUT2D eigenvalue weighted by Crippen LogP contribution is -2.05. The van der Waals surface area contributed by atoms with Gasteiger partial charge in [0.15, 0.2) is 0 Å². The van der Waals surface area contributed by atoms with Crippen molar-refractivity contribution in [3.63, 3.8) is 0 Å². The van der Waals surface area contributed by atoms with Crippen LogP contribution in [0.3, 0.4) is 0 Å². The number of fused-ring (bicyclic) bond motifs is 1. The number of rotatable bonds is 4. The van der Waals surface area contributed by atoms with Gasteiger partial charge >= 0.3 is 0 Å². The maximum Gasteiger partial charge on any atom is 0.126 e. The van der Waals surface area contributed by atoms with Gasteiger partial charge in [0.1, 0.15) is 17.5 Å². The van der Waals surface area contributed by atoms with Crippen LogP contribution in [0.15, 0.2) is 42.5 Å². The molecule has 0 radical (unpaired) electrons. The predicted octanol–water partition coefficient (Wildman–Crippen LogP) is 4.30. The van der Waals surface area contributed by atoms with Crippen LogP contribution < -0.4 is 0 Å². The first-order valence-corrected chi connectivity index (χ1v) is 7.16. The summed E-state index contributed by atoms with van der Waals surface area (Å²) in [4.78, 5) is 4.46. The minimum atomic E-state index is -0.557. The molecule has 3 rings (SSSR count). The molecule has 0 aliphatic carbocycles. The van der Waals surface area contributed by atoms with Crippen LogP contribution in [0.5, 0.6) is 0 Å². The average Bonchev–Trinajstić information content (AvgIpc) is 2.82. The molecule has 0 spiro atoms. The molecule has 0 bridgehead atoms. The van der Waals surface area contributed by atoms with Crippen LogP contribution in [0.25, 0.3) is 11.0 Å². The molecule has 1 aromatic heterocycles. The number of aromatic nitrogens is 2. The molecule has 0 aliphatic rings. The average molecular weight is 307 g/mol. The van der Waals surface area contributed by atoms with E-state index in [1.807, 2.05) is 28.8 Å². The Morgan fingerprint density at radius 3 is 2.48 bits per heavy atom. The summed E-state index contributed by atoms with van der Waals surface area (Å²) in [7, 11) is 0. The smallest absolute Gasteiger partial charge is 0.126 e. The largest absolute Gasteiger partial charge is 0.327 e. The standard InChI is InChI=1S/C16H13ClF2N2/c17-10-16-20-14-3-1-2-4-15(14)21(16)6-5-11-7-12(18)9-13(19)8-11/h1-4,7-9H,5-6,10H2. The summed E-state index contributed by atoms with van der Waals surface area (Å²) < 4.78 is 28.4. The second-order valence-corrected chi connectivity index (χ2v) is 5.10. The Morgan fingerprint density at radius 1 is 1.05 bits per heavy atom. The molecule has 3 aromatic rings. The second kappa shape index (κ2) is 5.82. The first-order chi connectivity index (χ1) is 10.2. The molecule has 0 saturated carbocycles. The van der Waals surface area contributed by atoms with Crippen molar-refractivity contribution in [2.75, 3.05) is 0 Å². The highest BCUT2D eigenvalue weighted by Crippen LogP contribution is 2.18. The van der Waals surface area contributed by atoms with Crippen LogP contribution >= 0.6 is 11.6 Å². The number of alkyl halides is 1. The first kappa shape index (κ1) is 14.0. The maximum absolute atomic E-state index is 13.2. The Balaban J connectivity index is 1.90. The molecule has 0 saturated heterocycles. The van der Waals surface area contributed by atoms with Crippen molar-refractivity contribution in [2.45, 2.75) is 18.8 Å². The SMILES string of the molecule is Fc1cc(F)cc(CCn2c(CCl)nc3ccccc32)c1. The quantitative estimate of drug-likeness (QED) is 0.657. The Labute approximate surface area is 126 Å². The van der Waals surface area contributed by atoms with Gasteiger partial charge in [-0.3, -0.25) is 0 Å². The predicted molar refractivity (Wildman–Crippen MR) is 79.4 cm³/mol. The molecule has 0 amide bonds. The molecule has 2 aromatic carbocycles. The molecule has 0 fully saturated rings. The zero-order valence-electron chi connectivity index (χ0n) is 11.2. The fourth-order valence-electron chi connectivity index (χ4n) is 2.47. The lowest BCUT2D eigenvalue weighted by atomic mass is 10.1. The van der Waals surface area contributed by atoms with Gasteiger partial charge in [0.05, 0.1) is 16.9 Å². The summed E-state index contributed by atoms with van der Waals surface area (Å²) in [5, 5.41) is 0. The Kier molecular flexibility index (Phi) is 3.88. The zero-order valence-corrected chi connectivity index (χ0v) is 11.9. The minimum Gasteiger partial charge on any atom is -0.327 e. The molecule has 0 atom stereocenters. The number of hydrogen-bond donors (Lipinski definition) is 0. The van der Waals surface area contributed by atoms with Crippen LogP contribution in [0, 0.1) is 11.6 Å². The van der Waals surface area contributed by atoms with Crippen molar-refractivity contribution in [1.82, 2.24) is 9.55 Å². The summed E-state index contributed by atoms with van der Waals surface area (Å²) in [6, 6.07) is 11.3. The molecule has 1 heterocycles. The van der Waals surface area contributed by atoms with E-state index in [0.29, 0.717) is 24.4 Å². The molecular formula is C16H13ClF2N2. The molecular weight excluding hydrogens is 294 g/mol. The zero-order chi connectivity index (χ0) is 14.8. The summed E-state index contributed by atoms with van der Waals surface area (Å²) >= 11 is 5.93. The molecule has 0 unspecified atom stereocenters. The van der Waals surface area contributed by atoms with E-state index in [9.17, 15) is 8.78 Å². The van der Waals surface area contributed by atoms with Crippen LogP contribution in [-0.4, -0.2) is 9.55 Å². The van der Waals surface area contributed by atoms with Crippen molar-refractivity contribution in [3.05, 3.63) is 65.5 Å². The van der Waals surface area contributed by atoms with Gasteiger partial charge in [0.25, 0.3) is 0 Å². The van der Waals surface area contributed by atoms with E-state index in [4.69, 9.17) is 11.6 Å². The normalized spacial score (nSPS) is 11.2. The third-order valence-corrected chi connectivity index (χ3v) is 3.64. The molecule has 0 aliphatic heterocycles. The fourth-order valence-corrected chi connectivity index (χ4v) is 2.68. The van der Waals surface area contributed by atoms with Crippen LogP contribution in [-0.2, 0) is 18.8 Å². The number of imidazole rings is 1. The number of benzene rings is 2. The topological polar surface area (TPSA) is 17.8 Å². The van der Waals surface area contributed by atoms with Crippen LogP contribution in [0.4, 0.5) is 8.78 Å². The lowest BCUT2D eigenvalue weighted by molar-refractivity contribution is 0.576. The van der Waals surface area contributed by atoms with Gasteiger partial charge < -0.3 is 4.57 Å². The van der Waals surface area contributed by atoms with Gasteiger partial charge in [-0.2, -0.15) is 0 Å². The van der Waals surface area contributed by atoms with Gasteiger partial charge in [-0.1, -0.05) is 12.1 Å². The highest BCUT2D eigenvalue weighted by molar-refractivity contribution is 6.16. The summed E-state index contributed by atoms with van der Waals surface area (Å²) in [6.45, 7) is 0.575. The van der Waals surface area contributed by atoms with E-state index < -0.39 is 11.6 Å². The van der Waals surface area contributed by atoms with Crippen molar-refractivity contribution in [3.8, 4) is 0 Å².